The Hall–Kier alpha value is -2.17. The Morgan fingerprint density at radius 1 is 1.42 bits per heavy atom. The molecule has 0 saturated carbocycles. The maximum atomic E-state index is 13.0. The third kappa shape index (κ3) is 3.53. The van der Waals surface area contributed by atoms with E-state index in [1.54, 1.807) is 22.8 Å². The summed E-state index contributed by atoms with van der Waals surface area (Å²) in [5.41, 5.74) is 5.73. The number of amides is 3. The first-order valence-corrected chi connectivity index (χ1v) is 10.4. The molecule has 0 aliphatic rings. The number of urea groups is 1. The van der Waals surface area contributed by atoms with E-state index in [1.807, 2.05) is 35.1 Å². The van der Waals surface area contributed by atoms with Crippen molar-refractivity contribution in [1.29, 1.82) is 0 Å². The van der Waals surface area contributed by atoms with E-state index in [1.165, 1.54) is 11.3 Å². The van der Waals surface area contributed by atoms with Crippen LogP contribution >= 0.6 is 34.4 Å². The second-order valence-electron chi connectivity index (χ2n) is 5.36. The molecule has 0 aliphatic heterocycles. The lowest BCUT2D eigenvalue weighted by atomic mass is 10.2. The van der Waals surface area contributed by atoms with Gasteiger partial charge in [0.2, 0.25) is 5.91 Å². The van der Waals surface area contributed by atoms with Crippen LogP contribution in [0.2, 0.25) is 0 Å². The van der Waals surface area contributed by atoms with E-state index >= 15 is 0 Å². The lowest BCUT2D eigenvalue weighted by Crippen LogP contribution is -2.39. The van der Waals surface area contributed by atoms with Crippen LogP contribution < -0.4 is 16.6 Å². The van der Waals surface area contributed by atoms with Gasteiger partial charge in [0.1, 0.15) is 4.83 Å². The first kappa shape index (κ1) is 18.6. The highest BCUT2D eigenvalue weighted by Crippen LogP contribution is 2.35. The second kappa shape index (κ2) is 7.60. The van der Waals surface area contributed by atoms with Crippen LogP contribution in [0, 0.1) is 0 Å². The van der Waals surface area contributed by atoms with Crippen molar-refractivity contribution in [2.24, 2.45) is 5.73 Å². The van der Waals surface area contributed by atoms with E-state index in [9.17, 15) is 14.4 Å². The number of nitrogens with two attached hydrogens (primary N) is 1. The summed E-state index contributed by atoms with van der Waals surface area (Å²) in [7, 11) is 0. The molecule has 3 aromatic rings. The number of nitrogens with zero attached hydrogens (tertiary/aromatic N) is 2. The van der Waals surface area contributed by atoms with Gasteiger partial charge in [0.25, 0.3) is 5.56 Å². The number of primary amides is 1. The Morgan fingerprint density at radius 3 is 2.81 bits per heavy atom. The smallest absolute Gasteiger partial charge is 0.318 e. The van der Waals surface area contributed by atoms with Gasteiger partial charge in [0, 0.05) is 22.4 Å². The van der Waals surface area contributed by atoms with Gasteiger partial charge < -0.3 is 5.73 Å². The normalized spacial score (nSPS) is 12.2. The number of nitrogens with one attached hydrogen (secondary N) is 1. The van der Waals surface area contributed by atoms with Crippen molar-refractivity contribution in [2.75, 3.05) is 0 Å². The van der Waals surface area contributed by atoms with Gasteiger partial charge >= 0.3 is 6.03 Å². The molecular weight excluding hydrogens is 392 g/mol. The highest BCUT2D eigenvalue weighted by Gasteiger charge is 2.22. The van der Waals surface area contributed by atoms with Crippen molar-refractivity contribution >= 4 is 56.6 Å². The topological polar surface area (TPSA) is 107 Å². The molecule has 1 atom stereocenters. The fraction of sp³-hybridized carbons (Fsp3) is 0.250. The summed E-state index contributed by atoms with van der Waals surface area (Å²) in [4.78, 5) is 42.0. The fourth-order valence-corrected chi connectivity index (χ4v) is 5.20. The van der Waals surface area contributed by atoms with E-state index < -0.39 is 17.2 Å². The molecule has 3 amide bonds. The molecule has 10 heteroatoms. The summed E-state index contributed by atoms with van der Waals surface area (Å²) >= 11 is 4.09. The van der Waals surface area contributed by atoms with Crippen LogP contribution in [-0.4, -0.2) is 26.7 Å². The average Bonchev–Trinajstić information content (AvgIpc) is 3.23. The van der Waals surface area contributed by atoms with Gasteiger partial charge in [0.15, 0.2) is 5.16 Å². The van der Waals surface area contributed by atoms with Crippen LogP contribution in [0.15, 0.2) is 32.8 Å². The van der Waals surface area contributed by atoms with E-state index in [-0.39, 0.29) is 5.56 Å². The zero-order chi connectivity index (χ0) is 18.8. The highest BCUT2D eigenvalue weighted by atomic mass is 32.2. The molecule has 7 nitrogen and oxygen atoms in total. The molecule has 3 aromatic heterocycles. The molecule has 0 spiro atoms. The van der Waals surface area contributed by atoms with E-state index in [0.29, 0.717) is 21.9 Å². The number of fused-ring (bicyclic) bond motifs is 1. The third-order valence-electron chi connectivity index (χ3n) is 3.66. The standard InChI is InChI=1S/C16H16N4O3S3/c1-3-20-14(22)11-9(10-5-4-6-24-10)7-25-13(11)19-16(20)26-8(2)12(21)18-15(17)23/h4-8H,3H2,1-2H3,(H3,17,18,21,23). The predicted molar refractivity (Wildman–Crippen MR) is 106 cm³/mol. The van der Waals surface area contributed by atoms with Crippen molar-refractivity contribution in [2.45, 2.75) is 30.8 Å². The summed E-state index contributed by atoms with van der Waals surface area (Å²) in [5, 5.41) is 6.35. The number of hydrogen-bond acceptors (Lipinski definition) is 7. The number of carbonyl (C=O) groups excluding carboxylic acids is 2. The van der Waals surface area contributed by atoms with Crippen molar-refractivity contribution in [1.82, 2.24) is 14.9 Å². The minimum absolute atomic E-state index is 0.132. The summed E-state index contributed by atoms with van der Waals surface area (Å²) in [5.74, 6) is -0.523. The minimum Gasteiger partial charge on any atom is -0.351 e. The van der Waals surface area contributed by atoms with Gasteiger partial charge in [0.05, 0.1) is 10.6 Å². The van der Waals surface area contributed by atoms with Crippen LogP contribution in [0.3, 0.4) is 0 Å². The summed E-state index contributed by atoms with van der Waals surface area (Å²) < 4.78 is 1.55. The number of rotatable bonds is 5. The molecule has 1 unspecified atom stereocenters. The molecule has 0 radical (unpaired) electrons. The van der Waals surface area contributed by atoms with Gasteiger partial charge in [-0.05, 0) is 25.3 Å². The fourth-order valence-electron chi connectivity index (χ4n) is 2.42. The molecule has 3 rings (SSSR count). The maximum absolute atomic E-state index is 13.0. The molecule has 0 bridgehead atoms. The summed E-state index contributed by atoms with van der Waals surface area (Å²) in [6.45, 7) is 3.91. The first-order valence-electron chi connectivity index (χ1n) is 7.75. The number of aromatic nitrogens is 2. The molecule has 0 aliphatic carbocycles. The van der Waals surface area contributed by atoms with Crippen molar-refractivity contribution in [3.63, 3.8) is 0 Å². The predicted octanol–water partition coefficient (Wildman–Crippen LogP) is 2.88. The number of imide groups is 1. The summed E-state index contributed by atoms with van der Waals surface area (Å²) in [6.07, 6.45) is 0. The van der Waals surface area contributed by atoms with Gasteiger partial charge in [-0.1, -0.05) is 17.8 Å². The Kier molecular flexibility index (Phi) is 5.44. The zero-order valence-corrected chi connectivity index (χ0v) is 16.5. The van der Waals surface area contributed by atoms with E-state index in [0.717, 1.165) is 22.2 Å². The lowest BCUT2D eigenvalue weighted by Gasteiger charge is -2.14. The minimum atomic E-state index is -0.905. The molecular formula is C16H16N4O3S3. The van der Waals surface area contributed by atoms with E-state index in [4.69, 9.17) is 5.73 Å². The largest absolute Gasteiger partial charge is 0.351 e. The van der Waals surface area contributed by atoms with Crippen LogP contribution in [-0.2, 0) is 11.3 Å². The molecule has 0 saturated heterocycles. The second-order valence-corrected chi connectivity index (χ2v) is 8.48. The number of thiophene rings is 2. The quantitative estimate of drug-likeness (QED) is 0.499. The molecule has 3 N–H and O–H groups in total. The van der Waals surface area contributed by atoms with Gasteiger partial charge in [-0.3, -0.25) is 19.5 Å². The zero-order valence-electron chi connectivity index (χ0n) is 14.0. The molecule has 26 heavy (non-hydrogen) atoms. The first-order chi connectivity index (χ1) is 12.4. The Labute approximate surface area is 161 Å². The van der Waals surface area contributed by atoms with Crippen LogP contribution in [0.5, 0.6) is 0 Å². The van der Waals surface area contributed by atoms with Gasteiger partial charge in [-0.25, -0.2) is 9.78 Å². The van der Waals surface area contributed by atoms with Crippen LogP contribution in [0.1, 0.15) is 13.8 Å². The highest BCUT2D eigenvalue weighted by molar-refractivity contribution is 8.00. The molecule has 0 aromatic carbocycles. The van der Waals surface area contributed by atoms with Crippen molar-refractivity contribution < 1.29 is 9.59 Å². The molecule has 0 fully saturated rings. The number of carbonyl (C=O) groups is 2. The SMILES string of the molecule is CCn1c(SC(C)C(=O)NC(N)=O)nc2scc(-c3cccs3)c2c1=O. The maximum Gasteiger partial charge on any atom is 0.318 e. The van der Waals surface area contributed by atoms with Crippen molar-refractivity contribution in [3.05, 3.63) is 33.2 Å². The Balaban J connectivity index is 2.04. The Bertz CT molecular complexity index is 1020. The Morgan fingerprint density at radius 2 is 2.19 bits per heavy atom. The van der Waals surface area contributed by atoms with E-state index in [2.05, 4.69) is 4.98 Å². The molecule has 3 heterocycles. The summed E-state index contributed by atoms with van der Waals surface area (Å²) in [6, 6.07) is 3.01. The van der Waals surface area contributed by atoms with Gasteiger partial charge in [-0.15, -0.1) is 22.7 Å². The van der Waals surface area contributed by atoms with Crippen molar-refractivity contribution in [3.8, 4) is 10.4 Å². The number of thioether (sulfide) groups is 1. The third-order valence-corrected chi connectivity index (χ3v) is 6.52. The number of hydrogen-bond donors (Lipinski definition) is 2. The lowest BCUT2D eigenvalue weighted by molar-refractivity contribution is -0.119. The van der Waals surface area contributed by atoms with Crippen LogP contribution in [0.4, 0.5) is 4.79 Å². The van der Waals surface area contributed by atoms with Gasteiger partial charge in [-0.2, -0.15) is 0 Å². The monoisotopic (exact) mass is 408 g/mol. The average molecular weight is 409 g/mol. The van der Waals surface area contributed by atoms with Crippen LogP contribution in [0.25, 0.3) is 20.7 Å². The molecule has 136 valence electrons.